The van der Waals surface area contributed by atoms with E-state index in [1.807, 2.05) is 0 Å². The molecule has 1 heteroatoms. The first-order chi connectivity index (χ1) is 9.83. The lowest BCUT2D eigenvalue weighted by Gasteiger charge is -2.22. The molecular weight excluding hydrogens is 242 g/mol. The molecule has 3 fully saturated rings. The van der Waals surface area contributed by atoms with Crippen LogP contribution in [0.15, 0.2) is 24.3 Å². The third-order valence-electron chi connectivity index (χ3n) is 6.32. The van der Waals surface area contributed by atoms with E-state index in [0.29, 0.717) is 6.04 Å². The summed E-state index contributed by atoms with van der Waals surface area (Å²) >= 11 is 0. The largest absolute Gasteiger partial charge is 0.310 e. The summed E-state index contributed by atoms with van der Waals surface area (Å²) in [5.74, 6) is 5.20. The van der Waals surface area contributed by atoms with Gasteiger partial charge < -0.3 is 5.32 Å². The molecule has 0 spiro atoms. The zero-order chi connectivity index (χ0) is 13.7. The topological polar surface area (TPSA) is 12.0 Å². The maximum atomic E-state index is 3.81. The third-order valence-corrected chi connectivity index (χ3v) is 6.32. The molecule has 5 unspecified atom stereocenters. The standard InChI is InChI=1S/C19H27N/c1-3-12-6-5-7-15(10-12)19(20-4-2)18-16-13-8-9-14(11-13)17(16)18/h5-7,10,13-14,16-20H,3-4,8-9,11H2,1-2H3. The van der Waals surface area contributed by atoms with Crippen LogP contribution in [0.3, 0.4) is 0 Å². The SMILES string of the molecule is CCNC(c1cccc(CC)c1)C1C2C3CCC(C3)C21. The second kappa shape index (κ2) is 4.87. The van der Waals surface area contributed by atoms with Crippen LogP contribution in [0.1, 0.15) is 50.3 Å². The van der Waals surface area contributed by atoms with Gasteiger partial charge in [0.1, 0.15) is 0 Å². The predicted octanol–water partition coefficient (Wildman–Crippen LogP) is 4.19. The van der Waals surface area contributed by atoms with Crippen LogP contribution in [0.5, 0.6) is 0 Å². The molecule has 0 saturated heterocycles. The van der Waals surface area contributed by atoms with Crippen LogP contribution in [0.4, 0.5) is 0 Å². The van der Waals surface area contributed by atoms with Crippen molar-refractivity contribution in [3.05, 3.63) is 35.4 Å². The number of hydrogen-bond acceptors (Lipinski definition) is 1. The fourth-order valence-electron chi connectivity index (χ4n) is 5.54. The Morgan fingerprint density at radius 2 is 1.90 bits per heavy atom. The van der Waals surface area contributed by atoms with Gasteiger partial charge in [0.15, 0.2) is 0 Å². The lowest BCUT2D eigenvalue weighted by molar-refractivity contribution is 0.374. The second-order valence-corrected chi connectivity index (χ2v) is 7.20. The molecule has 20 heavy (non-hydrogen) atoms. The van der Waals surface area contributed by atoms with Gasteiger partial charge in [-0.3, -0.25) is 0 Å². The van der Waals surface area contributed by atoms with Crippen molar-refractivity contribution in [2.75, 3.05) is 6.54 Å². The first kappa shape index (κ1) is 12.9. The molecule has 3 saturated carbocycles. The van der Waals surface area contributed by atoms with Crippen molar-refractivity contribution in [2.24, 2.45) is 29.6 Å². The van der Waals surface area contributed by atoms with Crippen LogP contribution >= 0.6 is 0 Å². The van der Waals surface area contributed by atoms with E-state index < -0.39 is 0 Å². The molecule has 2 bridgehead atoms. The quantitative estimate of drug-likeness (QED) is 0.845. The molecule has 108 valence electrons. The molecule has 0 amide bonds. The highest BCUT2D eigenvalue weighted by atomic mass is 14.9. The van der Waals surface area contributed by atoms with E-state index in [0.717, 1.165) is 42.6 Å². The molecule has 0 aromatic heterocycles. The minimum Gasteiger partial charge on any atom is -0.310 e. The van der Waals surface area contributed by atoms with Gasteiger partial charge in [0.2, 0.25) is 0 Å². The Bertz CT molecular complexity index is 478. The summed E-state index contributed by atoms with van der Waals surface area (Å²) in [7, 11) is 0. The van der Waals surface area contributed by atoms with Crippen molar-refractivity contribution in [3.8, 4) is 0 Å². The predicted molar refractivity (Wildman–Crippen MR) is 83.5 cm³/mol. The normalized spacial score (nSPS) is 38.8. The van der Waals surface area contributed by atoms with Gasteiger partial charge in [-0.15, -0.1) is 0 Å². The van der Waals surface area contributed by atoms with Crippen LogP contribution in [-0.4, -0.2) is 6.54 Å². The van der Waals surface area contributed by atoms with Gasteiger partial charge >= 0.3 is 0 Å². The number of benzene rings is 1. The van der Waals surface area contributed by atoms with Gasteiger partial charge in [0.25, 0.3) is 0 Å². The Hall–Kier alpha value is -0.820. The van der Waals surface area contributed by atoms with E-state index in [1.54, 1.807) is 12.0 Å². The minimum absolute atomic E-state index is 0.616. The van der Waals surface area contributed by atoms with Gasteiger partial charge in [-0.2, -0.15) is 0 Å². The van der Waals surface area contributed by atoms with E-state index in [2.05, 4.69) is 43.4 Å². The summed E-state index contributed by atoms with van der Waals surface area (Å²) in [6, 6.07) is 9.94. The monoisotopic (exact) mass is 269 g/mol. The first-order valence-corrected chi connectivity index (χ1v) is 8.65. The van der Waals surface area contributed by atoms with E-state index >= 15 is 0 Å². The number of hydrogen-bond donors (Lipinski definition) is 1. The van der Waals surface area contributed by atoms with Gasteiger partial charge in [0, 0.05) is 6.04 Å². The number of aryl methyl sites for hydroxylation is 1. The molecule has 3 aliphatic rings. The van der Waals surface area contributed by atoms with Crippen LogP contribution in [-0.2, 0) is 6.42 Å². The summed E-state index contributed by atoms with van der Waals surface area (Å²) in [4.78, 5) is 0. The zero-order valence-electron chi connectivity index (χ0n) is 12.8. The highest BCUT2D eigenvalue weighted by molar-refractivity contribution is 5.30. The Labute approximate surface area is 123 Å². The average Bonchev–Trinajstić information content (AvgIpc) is 2.90. The summed E-state index contributed by atoms with van der Waals surface area (Å²) in [5.41, 5.74) is 3.03. The minimum atomic E-state index is 0.616. The fraction of sp³-hybridized carbons (Fsp3) is 0.684. The molecule has 3 aliphatic carbocycles. The average molecular weight is 269 g/mol. The van der Waals surface area contributed by atoms with Crippen molar-refractivity contribution in [2.45, 2.75) is 45.6 Å². The lowest BCUT2D eigenvalue weighted by Crippen LogP contribution is -2.25. The Morgan fingerprint density at radius 1 is 1.15 bits per heavy atom. The fourth-order valence-corrected chi connectivity index (χ4v) is 5.54. The maximum absolute atomic E-state index is 3.81. The van der Waals surface area contributed by atoms with Gasteiger partial charge in [0.05, 0.1) is 0 Å². The third kappa shape index (κ3) is 1.86. The second-order valence-electron chi connectivity index (χ2n) is 7.20. The highest BCUT2D eigenvalue weighted by Gasteiger charge is 2.66. The number of fused-ring (bicyclic) bond motifs is 5. The van der Waals surface area contributed by atoms with Crippen molar-refractivity contribution < 1.29 is 0 Å². The van der Waals surface area contributed by atoms with Crippen LogP contribution in [0.25, 0.3) is 0 Å². The summed E-state index contributed by atoms with van der Waals surface area (Å²) in [6.45, 7) is 5.60. The maximum Gasteiger partial charge on any atom is 0.0354 e. The first-order valence-electron chi connectivity index (χ1n) is 8.65. The summed E-state index contributed by atoms with van der Waals surface area (Å²) < 4.78 is 0. The molecule has 1 aromatic rings. The van der Waals surface area contributed by atoms with Crippen molar-refractivity contribution in [1.82, 2.24) is 5.32 Å². The zero-order valence-corrected chi connectivity index (χ0v) is 12.8. The lowest BCUT2D eigenvalue weighted by atomic mass is 9.92. The molecule has 4 rings (SSSR count). The molecule has 1 aromatic carbocycles. The molecule has 0 aliphatic heterocycles. The van der Waals surface area contributed by atoms with Crippen LogP contribution in [0, 0.1) is 29.6 Å². The molecule has 1 N–H and O–H groups in total. The van der Waals surface area contributed by atoms with Crippen LogP contribution in [0.2, 0.25) is 0 Å². The Morgan fingerprint density at radius 3 is 2.55 bits per heavy atom. The molecular formula is C19H27N. The number of rotatable bonds is 5. The van der Waals surface area contributed by atoms with E-state index in [1.165, 1.54) is 18.4 Å². The van der Waals surface area contributed by atoms with Crippen molar-refractivity contribution in [3.63, 3.8) is 0 Å². The summed E-state index contributed by atoms with van der Waals surface area (Å²) in [6.07, 6.45) is 5.75. The molecule has 0 radical (unpaired) electrons. The molecule has 0 heterocycles. The van der Waals surface area contributed by atoms with Gasteiger partial charge in [-0.25, -0.2) is 0 Å². The molecule has 5 atom stereocenters. The van der Waals surface area contributed by atoms with Crippen LogP contribution < -0.4 is 5.32 Å². The van der Waals surface area contributed by atoms with Crippen molar-refractivity contribution in [1.29, 1.82) is 0 Å². The Kier molecular flexibility index (Phi) is 3.14. The van der Waals surface area contributed by atoms with E-state index in [4.69, 9.17) is 0 Å². The van der Waals surface area contributed by atoms with Crippen molar-refractivity contribution >= 4 is 0 Å². The summed E-state index contributed by atoms with van der Waals surface area (Å²) in [5, 5.41) is 3.81. The van der Waals surface area contributed by atoms with E-state index in [-0.39, 0.29) is 0 Å². The van der Waals surface area contributed by atoms with Gasteiger partial charge in [-0.1, -0.05) is 38.1 Å². The highest BCUT2D eigenvalue weighted by Crippen LogP contribution is 2.72. The molecule has 1 nitrogen and oxygen atoms in total. The number of nitrogens with one attached hydrogen (secondary N) is 1. The van der Waals surface area contributed by atoms with E-state index in [9.17, 15) is 0 Å². The van der Waals surface area contributed by atoms with Gasteiger partial charge in [-0.05, 0) is 72.9 Å². The Balaban J connectivity index is 1.59. The smallest absolute Gasteiger partial charge is 0.0354 e.